The predicted molar refractivity (Wildman–Crippen MR) is 65.9 cm³/mol. The molecule has 3 fully saturated rings. The van der Waals surface area contributed by atoms with Crippen molar-refractivity contribution in [1.29, 1.82) is 0 Å². The maximum atomic E-state index is 6.97. The van der Waals surface area contributed by atoms with Gasteiger partial charge in [-0.1, -0.05) is 0 Å². The van der Waals surface area contributed by atoms with Gasteiger partial charge in [-0.2, -0.15) is 0 Å². The van der Waals surface area contributed by atoms with Crippen molar-refractivity contribution in [3.8, 4) is 0 Å². The summed E-state index contributed by atoms with van der Waals surface area (Å²) in [6.07, 6.45) is 0. The van der Waals surface area contributed by atoms with Crippen LogP contribution in [0.25, 0.3) is 0 Å². The van der Waals surface area contributed by atoms with Gasteiger partial charge in [-0.15, -0.1) is 0 Å². The van der Waals surface area contributed by atoms with E-state index in [1.165, 1.54) is 19.6 Å². The van der Waals surface area contributed by atoms with Crippen molar-refractivity contribution in [3.63, 3.8) is 0 Å². The van der Waals surface area contributed by atoms with Gasteiger partial charge in [0, 0.05) is 0 Å². The second kappa shape index (κ2) is 4.51. The molecule has 0 aromatic carbocycles. The Kier molecular flexibility index (Phi) is 3.65. The van der Waals surface area contributed by atoms with Gasteiger partial charge in [-0.05, 0) is 0 Å². The summed E-state index contributed by atoms with van der Waals surface area (Å²) in [6.45, 7) is 6.86. The summed E-state index contributed by atoms with van der Waals surface area (Å²) in [5.74, 6) is 0. The van der Waals surface area contributed by atoms with Gasteiger partial charge in [-0.25, -0.2) is 0 Å². The quantitative estimate of drug-likeness (QED) is 0.573. The van der Waals surface area contributed by atoms with Crippen LogP contribution in [-0.4, -0.2) is 89.9 Å². The molecule has 15 heavy (non-hydrogen) atoms. The first-order chi connectivity index (χ1) is 7.05. The third-order valence-corrected chi connectivity index (χ3v) is 15.7. The Hall–Kier alpha value is 0.673. The molecule has 0 atom stereocenters. The van der Waals surface area contributed by atoms with Crippen molar-refractivity contribution in [1.82, 2.24) is 16.5 Å². The Bertz CT molecular complexity index is 204. The Balaban J connectivity index is 2.29. The van der Waals surface area contributed by atoms with Crippen LogP contribution < -0.4 is 0 Å². The average Bonchev–Trinajstić information content (AvgIpc) is 2.22. The number of halogens is 1. The molecule has 3 heterocycles. The molecule has 0 amide bonds. The molecule has 3 rings (SSSR count). The zero-order valence-electron chi connectivity index (χ0n) is 9.91. The maximum absolute atomic E-state index is 6.97. The normalized spacial score (nSPS) is 41.2. The second-order valence-electron chi connectivity index (χ2n) is 4.66. The molecular weight excluding hydrogens is 272 g/mol. The summed E-state index contributed by atoms with van der Waals surface area (Å²) in [6, 6.07) is 0. The fourth-order valence-electron chi connectivity index (χ4n) is 2.51. The van der Waals surface area contributed by atoms with Crippen molar-refractivity contribution in [2.45, 2.75) is 0 Å². The fraction of sp³-hybridized carbons (Fsp3) is 1.00. The fourth-order valence-corrected chi connectivity index (χ4v) is 9.92. The van der Waals surface area contributed by atoms with Crippen molar-refractivity contribution < 1.29 is 0 Å². The number of nitrogens with zero attached hydrogens (tertiary/aromatic N) is 4. The number of hydrogen-bond acceptors (Lipinski definition) is 4. The molecule has 0 aromatic rings. The van der Waals surface area contributed by atoms with Crippen LogP contribution in [0.3, 0.4) is 0 Å². The molecule has 0 radical (unpaired) electrons. The van der Waals surface area contributed by atoms with Gasteiger partial charge in [0.2, 0.25) is 0 Å². The van der Waals surface area contributed by atoms with Gasteiger partial charge >= 0.3 is 99.9 Å². The molecule has 6 heteroatoms. The van der Waals surface area contributed by atoms with E-state index < -0.39 is 13.0 Å². The van der Waals surface area contributed by atoms with E-state index >= 15 is 0 Å². The van der Waals surface area contributed by atoms with Gasteiger partial charge in [0.1, 0.15) is 0 Å². The molecule has 3 saturated heterocycles. The molecule has 0 unspecified atom stereocenters. The zero-order valence-corrected chi connectivity index (χ0v) is 12.8. The predicted octanol–water partition coefficient (Wildman–Crippen LogP) is -0.215. The van der Waals surface area contributed by atoms with Crippen LogP contribution in [0.5, 0.6) is 0 Å². The molecule has 3 aliphatic rings. The first-order valence-corrected chi connectivity index (χ1v) is 11.2. The van der Waals surface area contributed by atoms with Crippen molar-refractivity contribution in [2.75, 3.05) is 60.4 Å². The zero-order chi connectivity index (χ0) is 11.1. The molecule has 88 valence electrons. The molecule has 0 aromatic heterocycles. The van der Waals surface area contributed by atoms with Crippen LogP contribution in [-0.2, 0) is 0 Å². The van der Waals surface area contributed by atoms with Crippen molar-refractivity contribution >= 4 is 23.0 Å². The SMILES string of the molecule is C[N]1CCN2CC[N](C)[Ge]1([Cl])[N](C)CC2. The third-order valence-electron chi connectivity index (χ3n) is 3.71. The van der Waals surface area contributed by atoms with Gasteiger partial charge in [0.15, 0.2) is 0 Å². The summed E-state index contributed by atoms with van der Waals surface area (Å²) < 4.78 is 7.27. The molecule has 0 aliphatic carbocycles. The first kappa shape index (κ1) is 12.1. The van der Waals surface area contributed by atoms with E-state index in [2.05, 4.69) is 37.6 Å². The standard InChI is InChI=1S/C9H21ClGeN4/c1-12-4-7-15-8-5-13(2)11(12,10)14(3)6-9-15/h4-9H2,1-3H3. The first-order valence-electron chi connectivity index (χ1n) is 5.60. The van der Waals surface area contributed by atoms with E-state index in [4.69, 9.17) is 10.0 Å². The van der Waals surface area contributed by atoms with Gasteiger partial charge < -0.3 is 0 Å². The summed E-state index contributed by atoms with van der Waals surface area (Å²) in [5.41, 5.74) is 0. The molecule has 2 bridgehead atoms. The Labute approximate surface area is 99.9 Å². The molecule has 3 aliphatic heterocycles. The Morgan fingerprint density at radius 1 is 0.733 bits per heavy atom. The van der Waals surface area contributed by atoms with Crippen LogP contribution in [0.1, 0.15) is 0 Å². The minimum absolute atomic E-state index is 1.11. The van der Waals surface area contributed by atoms with Gasteiger partial charge in [0.25, 0.3) is 0 Å². The van der Waals surface area contributed by atoms with Crippen LogP contribution >= 0.6 is 10.0 Å². The van der Waals surface area contributed by atoms with Crippen LogP contribution in [0, 0.1) is 0 Å². The van der Waals surface area contributed by atoms with Crippen LogP contribution in [0.15, 0.2) is 0 Å². The number of fused-ring (bicyclic) bond motifs is 6. The minimum atomic E-state index is -2.61. The molecular formula is C9H21ClGeN4. The monoisotopic (exact) mass is 294 g/mol. The summed E-state index contributed by atoms with van der Waals surface area (Å²) in [4.78, 5) is 2.54. The van der Waals surface area contributed by atoms with E-state index in [0.717, 1.165) is 19.6 Å². The summed E-state index contributed by atoms with van der Waals surface area (Å²) in [5, 5.41) is 0. The van der Waals surface area contributed by atoms with Crippen LogP contribution in [0.4, 0.5) is 0 Å². The van der Waals surface area contributed by atoms with Gasteiger partial charge in [0.05, 0.1) is 0 Å². The summed E-state index contributed by atoms with van der Waals surface area (Å²) >= 11 is -2.61. The molecule has 4 nitrogen and oxygen atoms in total. The molecule has 0 N–H and O–H groups in total. The Morgan fingerprint density at radius 3 is 1.40 bits per heavy atom. The topological polar surface area (TPSA) is 13.0 Å². The molecule has 0 saturated carbocycles. The molecule has 0 spiro atoms. The van der Waals surface area contributed by atoms with Crippen molar-refractivity contribution in [3.05, 3.63) is 0 Å². The van der Waals surface area contributed by atoms with E-state index in [1.54, 1.807) is 0 Å². The number of hydrogen-bond donors (Lipinski definition) is 0. The van der Waals surface area contributed by atoms with Gasteiger partial charge in [-0.3, -0.25) is 0 Å². The number of rotatable bonds is 0. The van der Waals surface area contributed by atoms with Crippen LogP contribution in [0.2, 0.25) is 0 Å². The number of likely N-dealkylation sites (N-methyl/N-ethyl adjacent to an activating group) is 3. The second-order valence-corrected chi connectivity index (χ2v) is 14.4. The van der Waals surface area contributed by atoms with E-state index in [0.29, 0.717) is 0 Å². The summed E-state index contributed by atoms with van der Waals surface area (Å²) in [7, 11) is 13.5. The third kappa shape index (κ3) is 2.08. The van der Waals surface area contributed by atoms with E-state index in [-0.39, 0.29) is 0 Å². The van der Waals surface area contributed by atoms with Crippen molar-refractivity contribution in [2.24, 2.45) is 0 Å². The van der Waals surface area contributed by atoms with E-state index in [9.17, 15) is 0 Å². The average molecular weight is 293 g/mol. The Morgan fingerprint density at radius 2 is 1.07 bits per heavy atom. The van der Waals surface area contributed by atoms with E-state index in [1.807, 2.05) is 0 Å².